The summed E-state index contributed by atoms with van der Waals surface area (Å²) in [4.78, 5) is 21.7. The zero-order valence-electron chi connectivity index (χ0n) is 20.4. The number of nitrogens with one attached hydrogen (secondary N) is 2. The molecule has 2 N–H and O–H groups in total. The molecule has 36 heavy (non-hydrogen) atoms. The Morgan fingerprint density at radius 3 is 2.53 bits per heavy atom. The molecule has 2 aliphatic carbocycles. The first kappa shape index (κ1) is 23.5. The van der Waals surface area contributed by atoms with Crippen molar-refractivity contribution < 1.29 is 9.18 Å². The Kier molecular flexibility index (Phi) is 5.44. The number of carbonyl (C=O) groups is 1. The number of carbonyl (C=O) groups excluding carboxylic acids is 1. The lowest BCUT2D eigenvalue weighted by Gasteiger charge is -2.30. The van der Waals surface area contributed by atoms with Crippen molar-refractivity contribution in [3.63, 3.8) is 0 Å². The first-order valence-corrected chi connectivity index (χ1v) is 13.4. The molecule has 6 nitrogen and oxygen atoms in total. The average molecular weight is 550 g/mol. The summed E-state index contributed by atoms with van der Waals surface area (Å²) in [7, 11) is 0. The molecule has 0 saturated heterocycles. The first-order chi connectivity index (χ1) is 17.2. The zero-order chi connectivity index (χ0) is 25.2. The molecule has 0 radical (unpaired) electrons. The lowest BCUT2D eigenvalue weighted by molar-refractivity contribution is -0.125. The molecule has 3 heterocycles. The van der Waals surface area contributed by atoms with E-state index in [1.807, 2.05) is 42.6 Å². The van der Waals surface area contributed by atoms with E-state index in [2.05, 4.69) is 34.3 Å². The summed E-state index contributed by atoms with van der Waals surface area (Å²) in [5.74, 6) is 0.549. The molecule has 3 unspecified atom stereocenters. The summed E-state index contributed by atoms with van der Waals surface area (Å²) >= 11 is 3.64. The van der Waals surface area contributed by atoms with Crippen LogP contribution in [0.5, 0.6) is 0 Å². The van der Waals surface area contributed by atoms with Crippen molar-refractivity contribution in [3.05, 3.63) is 75.7 Å². The Labute approximate surface area is 218 Å². The van der Waals surface area contributed by atoms with Crippen LogP contribution in [0.4, 0.5) is 4.39 Å². The van der Waals surface area contributed by atoms with Crippen molar-refractivity contribution in [2.75, 3.05) is 5.43 Å². The molecule has 186 valence electrons. The molecule has 1 aromatic carbocycles. The van der Waals surface area contributed by atoms with Crippen LogP contribution in [0.1, 0.15) is 74.9 Å². The highest BCUT2D eigenvalue weighted by molar-refractivity contribution is 9.10. The molecule has 2 fully saturated rings. The highest BCUT2D eigenvalue weighted by atomic mass is 79.9. The van der Waals surface area contributed by atoms with Gasteiger partial charge in [-0.2, -0.15) is 0 Å². The number of pyridine rings is 1. The van der Waals surface area contributed by atoms with E-state index in [1.54, 1.807) is 4.68 Å². The normalized spacial score (nSPS) is 30.6. The smallest absolute Gasteiger partial charge is 0.174 e. The second-order valence-electron chi connectivity index (χ2n) is 10.7. The van der Waals surface area contributed by atoms with Crippen molar-refractivity contribution in [1.82, 2.24) is 14.6 Å². The third kappa shape index (κ3) is 3.48. The topological polar surface area (TPSA) is 83.7 Å². The summed E-state index contributed by atoms with van der Waals surface area (Å²) in [6.45, 7) is 3.47. The van der Waals surface area contributed by atoms with E-state index < -0.39 is 11.1 Å². The minimum absolute atomic E-state index is 0.0388. The number of aromatic nitrogens is 3. The maximum Gasteiger partial charge on any atom is 0.174 e. The van der Waals surface area contributed by atoms with Crippen LogP contribution in [-0.2, 0) is 4.79 Å². The predicted molar refractivity (Wildman–Crippen MR) is 139 cm³/mol. The van der Waals surface area contributed by atoms with E-state index in [0.717, 1.165) is 41.2 Å². The third-order valence-corrected chi connectivity index (χ3v) is 9.41. The highest BCUT2D eigenvalue weighted by Crippen LogP contribution is 2.68. The van der Waals surface area contributed by atoms with E-state index in [1.165, 1.54) is 6.92 Å². The molecule has 3 aliphatic rings. The molecule has 0 bridgehead atoms. The summed E-state index contributed by atoms with van der Waals surface area (Å²) in [6, 6.07) is 14.3. The molecular weight excluding hydrogens is 521 g/mol. The first-order valence-electron chi connectivity index (χ1n) is 12.6. The minimum atomic E-state index is -1.64. The van der Waals surface area contributed by atoms with Gasteiger partial charge in [0.1, 0.15) is 5.82 Å². The van der Waals surface area contributed by atoms with Gasteiger partial charge in [0.2, 0.25) is 0 Å². The second kappa shape index (κ2) is 8.33. The second-order valence-corrected chi connectivity index (χ2v) is 11.5. The van der Waals surface area contributed by atoms with E-state index in [4.69, 9.17) is 15.4 Å². The maximum atomic E-state index is 15.0. The van der Waals surface area contributed by atoms with Crippen LogP contribution < -0.4 is 10.9 Å². The van der Waals surface area contributed by atoms with Crippen LogP contribution >= 0.6 is 15.9 Å². The number of rotatable bonds is 4. The number of nitrogens with zero attached hydrogens (tertiary/aromatic N) is 3. The fourth-order valence-corrected chi connectivity index (χ4v) is 7.00. The number of ketones is 1. The molecule has 0 amide bonds. The maximum absolute atomic E-state index is 15.0. The van der Waals surface area contributed by atoms with Gasteiger partial charge < -0.3 is 5.43 Å². The number of hydrogen-bond acceptors (Lipinski definition) is 5. The summed E-state index contributed by atoms with van der Waals surface area (Å²) in [5.41, 5.74) is 5.52. The number of Topliss-reactive ketones (excluding diaryl/α,β-unsaturated/α-hetero) is 1. The minimum Gasteiger partial charge on any atom is -0.319 e. The number of hydrogen-bond donors (Lipinski definition) is 2. The molecule has 6 rings (SSSR count). The number of halogens is 2. The number of alkyl halides is 1. The van der Waals surface area contributed by atoms with Crippen molar-refractivity contribution in [1.29, 1.82) is 5.41 Å². The fourth-order valence-electron chi connectivity index (χ4n) is 6.41. The van der Waals surface area contributed by atoms with Gasteiger partial charge in [-0.05, 0) is 73.5 Å². The molecular formula is C28H29BrFN5O. The van der Waals surface area contributed by atoms with Gasteiger partial charge in [-0.3, -0.25) is 15.2 Å². The van der Waals surface area contributed by atoms with Crippen LogP contribution in [-0.4, -0.2) is 32.1 Å². The lowest BCUT2D eigenvalue weighted by atomic mass is 9.76. The monoisotopic (exact) mass is 549 g/mol. The van der Waals surface area contributed by atoms with Crippen molar-refractivity contribution in [2.45, 2.75) is 69.5 Å². The molecule has 2 aromatic heterocycles. The van der Waals surface area contributed by atoms with Gasteiger partial charge in [0, 0.05) is 23.1 Å². The van der Waals surface area contributed by atoms with Gasteiger partial charge in [-0.15, -0.1) is 0 Å². The third-order valence-electron chi connectivity index (χ3n) is 8.63. The van der Waals surface area contributed by atoms with Crippen molar-refractivity contribution in [2.24, 2.45) is 5.41 Å². The highest BCUT2D eigenvalue weighted by Gasteiger charge is 2.71. The Bertz CT molecular complexity index is 1400. The predicted octanol–water partition coefficient (Wildman–Crippen LogP) is 5.61. The quantitative estimate of drug-likeness (QED) is 0.443. The summed E-state index contributed by atoms with van der Waals surface area (Å²) in [6.07, 6.45) is 5.18. The van der Waals surface area contributed by atoms with E-state index in [9.17, 15) is 4.79 Å². The lowest BCUT2D eigenvalue weighted by Crippen LogP contribution is -2.32. The fraction of sp³-hybridized carbons (Fsp3) is 0.429. The van der Waals surface area contributed by atoms with E-state index >= 15 is 4.39 Å². The van der Waals surface area contributed by atoms with Crippen LogP contribution in [0.25, 0.3) is 11.3 Å². The molecule has 8 heteroatoms. The molecule has 1 spiro atoms. The largest absolute Gasteiger partial charge is 0.319 e. The molecule has 3 aromatic rings. The summed E-state index contributed by atoms with van der Waals surface area (Å²) < 4.78 is 17.5. The molecule has 3 atom stereocenters. The average Bonchev–Trinajstić information content (AvgIpc) is 3.33. The van der Waals surface area contributed by atoms with Gasteiger partial charge in [-0.25, -0.2) is 14.1 Å². The number of benzene rings is 1. The molecule has 1 aliphatic heterocycles. The van der Waals surface area contributed by atoms with E-state index in [-0.39, 0.29) is 23.7 Å². The number of fused-ring (bicyclic) bond motifs is 1. The van der Waals surface area contributed by atoms with Crippen LogP contribution in [0.3, 0.4) is 0 Å². The van der Waals surface area contributed by atoms with Crippen LogP contribution in [0, 0.1) is 10.8 Å². The zero-order valence-corrected chi connectivity index (χ0v) is 22.0. The van der Waals surface area contributed by atoms with Gasteiger partial charge >= 0.3 is 0 Å². The Balaban J connectivity index is 1.30. The molecule has 2 saturated carbocycles. The van der Waals surface area contributed by atoms with Gasteiger partial charge in [0.05, 0.1) is 27.8 Å². The van der Waals surface area contributed by atoms with Gasteiger partial charge in [-0.1, -0.05) is 36.4 Å². The van der Waals surface area contributed by atoms with Gasteiger partial charge in [0.25, 0.3) is 0 Å². The Hall–Kier alpha value is -2.87. The van der Waals surface area contributed by atoms with Gasteiger partial charge in [0.15, 0.2) is 16.9 Å². The standard InChI is InChI=1S/C28H29BrFN5O/c1-16-22(20-8-9-21(32-14-20)18-6-4-3-5-7-18)26-33-24(23(29)25(31)35(26)34-16)19-10-12-27(13-11-19)15-28(27,30)17(2)36/h3-9,14,16,19,22,31,34H,10-13,15H2,1-2H3. The van der Waals surface area contributed by atoms with Crippen molar-refractivity contribution >= 4 is 21.7 Å². The van der Waals surface area contributed by atoms with Crippen molar-refractivity contribution in [3.8, 4) is 11.3 Å². The Morgan fingerprint density at radius 1 is 1.19 bits per heavy atom. The van der Waals surface area contributed by atoms with Crippen LogP contribution in [0.2, 0.25) is 0 Å². The Morgan fingerprint density at radius 2 is 1.92 bits per heavy atom. The van der Waals surface area contributed by atoms with Crippen LogP contribution in [0.15, 0.2) is 53.1 Å². The summed E-state index contributed by atoms with van der Waals surface area (Å²) in [5, 5.41) is 8.83. The SMILES string of the molecule is CC(=O)C1(F)CC12CCC(c1nc3n(c(=N)c1Br)NC(C)C3c1ccc(-c3ccccc3)nc1)CC2. The van der Waals surface area contributed by atoms with E-state index in [0.29, 0.717) is 29.2 Å².